The molecular formula is C21H24ClN3O3. The van der Waals surface area contributed by atoms with Crippen molar-refractivity contribution in [2.45, 2.75) is 6.10 Å². The molecule has 0 saturated heterocycles. The lowest BCUT2D eigenvalue weighted by Gasteiger charge is -2.24. The summed E-state index contributed by atoms with van der Waals surface area (Å²) in [4.78, 5) is 28.5. The first kappa shape index (κ1) is 20.3. The van der Waals surface area contributed by atoms with Crippen LogP contribution >= 0.6 is 11.6 Å². The predicted molar refractivity (Wildman–Crippen MR) is 112 cm³/mol. The van der Waals surface area contributed by atoms with Crippen LogP contribution in [-0.4, -0.2) is 67.3 Å². The number of hydrogen-bond acceptors (Lipinski definition) is 6. The van der Waals surface area contributed by atoms with Gasteiger partial charge in [-0.2, -0.15) is 0 Å². The summed E-state index contributed by atoms with van der Waals surface area (Å²) in [6.07, 6.45) is -0.753. The van der Waals surface area contributed by atoms with Crippen LogP contribution in [0.4, 0.5) is 11.4 Å². The Hall–Kier alpha value is -2.41. The van der Waals surface area contributed by atoms with Crippen molar-refractivity contribution in [3.8, 4) is 0 Å². The van der Waals surface area contributed by atoms with Crippen LogP contribution in [0.2, 0.25) is 0 Å². The third-order valence-corrected chi connectivity index (χ3v) is 5.01. The largest absolute Gasteiger partial charge is 0.390 e. The summed E-state index contributed by atoms with van der Waals surface area (Å²) in [5.41, 5.74) is 2.66. The van der Waals surface area contributed by atoms with Gasteiger partial charge in [0.05, 0.1) is 23.1 Å². The van der Waals surface area contributed by atoms with Gasteiger partial charge < -0.3 is 20.6 Å². The summed E-state index contributed by atoms with van der Waals surface area (Å²) < 4.78 is 0. The van der Waals surface area contributed by atoms with Crippen LogP contribution in [0.15, 0.2) is 36.4 Å². The fourth-order valence-electron chi connectivity index (χ4n) is 3.21. The van der Waals surface area contributed by atoms with Crippen molar-refractivity contribution >= 4 is 34.5 Å². The maximum absolute atomic E-state index is 13.2. The molecule has 0 unspecified atom stereocenters. The number of carbonyl (C=O) groups excluding carboxylic acids is 2. The number of rotatable bonds is 8. The first-order chi connectivity index (χ1) is 13.4. The maximum atomic E-state index is 13.2. The van der Waals surface area contributed by atoms with Gasteiger partial charge in [-0.3, -0.25) is 9.59 Å². The zero-order chi connectivity index (χ0) is 20.3. The van der Waals surface area contributed by atoms with E-state index in [4.69, 9.17) is 11.6 Å². The molecule has 3 rings (SSSR count). The zero-order valence-electron chi connectivity index (χ0n) is 16.0. The van der Waals surface area contributed by atoms with Crippen LogP contribution in [0.1, 0.15) is 31.8 Å². The number of likely N-dealkylation sites (N-methyl/N-ethyl adjacent to an activating group) is 1. The number of ketones is 2. The fraction of sp³-hybridized carbons (Fsp3) is 0.333. The van der Waals surface area contributed by atoms with Gasteiger partial charge in [-0.15, -0.1) is 11.6 Å². The Kier molecular flexibility index (Phi) is 6.34. The van der Waals surface area contributed by atoms with Gasteiger partial charge in [0.1, 0.15) is 0 Å². The van der Waals surface area contributed by atoms with Gasteiger partial charge in [-0.25, -0.2) is 0 Å². The van der Waals surface area contributed by atoms with Gasteiger partial charge in [-0.05, 0) is 26.2 Å². The minimum Gasteiger partial charge on any atom is -0.390 e. The third kappa shape index (κ3) is 4.04. The van der Waals surface area contributed by atoms with E-state index in [0.29, 0.717) is 40.2 Å². The van der Waals surface area contributed by atoms with Gasteiger partial charge in [0.15, 0.2) is 11.6 Å². The Bertz CT molecular complexity index is 898. The number of nitrogens with zero attached hydrogens (tertiary/aromatic N) is 1. The predicted octanol–water partition coefficient (Wildman–Crippen LogP) is 2.45. The smallest absolute Gasteiger partial charge is 0.196 e. The number of benzene rings is 2. The van der Waals surface area contributed by atoms with E-state index >= 15 is 0 Å². The number of aliphatic hydroxyl groups excluding tert-OH is 1. The number of carbonyl (C=O) groups is 2. The Morgan fingerprint density at radius 3 is 2.00 bits per heavy atom. The first-order valence-electron chi connectivity index (χ1n) is 9.16. The minimum atomic E-state index is -0.753. The Morgan fingerprint density at radius 1 is 0.964 bits per heavy atom. The maximum Gasteiger partial charge on any atom is 0.196 e. The van der Waals surface area contributed by atoms with E-state index in [2.05, 4.69) is 10.6 Å². The first-order valence-corrected chi connectivity index (χ1v) is 9.69. The van der Waals surface area contributed by atoms with E-state index in [1.807, 2.05) is 19.0 Å². The van der Waals surface area contributed by atoms with Gasteiger partial charge in [0, 0.05) is 42.1 Å². The second kappa shape index (κ2) is 8.73. The van der Waals surface area contributed by atoms with Crippen molar-refractivity contribution in [3.63, 3.8) is 0 Å². The van der Waals surface area contributed by atoms with E-state index in [-0.39, 0.29) is 24.0 Å². The SMILES string of the molecule is CN(C)CCNc1ccc(NC[C@H](O)CCl)c2c1C(=O)c1ccccc1C2=O. The second-order valence-corrected chi connectivity index (χ2v) is 7.34. The summed E-state index contributed by atoms with van der Waals surface area (Å²) in [5, 5.41) is 16.1. The molecule has 0 saturated carbocycles. The highest BCUT2D eigenvalue weighted by molar-refractivity contribution is 6.31. The van der Waals surface area contributed by atoms with Gasteiger partial charge in [0.25, 0.3) is 0 Å². The van der Waals surface area contributed by atoms with Crippen LogP contribution in [0.25, 0.3) is 0 Å². The lowest BCUT2D eigenvalue weighted by molar-refractivity contribution is 0.0980. The summed E-state index contributed by atoms with van der Waals surface area (Å²) in [5.74, 6) is -0.307. The minimum absolute atomic E-state index is 0.0784. The van der Waals surface area contributed by atoms with Gasteiger partial charge in [-0.1, -0.05) is 24.3 Å². The van der Waals surface area contributed by atoms with Crippen LogP contribution in [0.5, 0.6) is 0 Å². The van der Waals surface area contributed by atoms with Gasteiger partial charge >= 0.3 is 0 Å². The summed E-state index contributed by atoms with van der Waals surface area (Å²) in [7, 11) is 3.94. The van der Waals surface area contributed by atoms with Crippen molar-refractivity contribution in [2.75, 3.05) is 50.2 Å². The lowest BCUT2D eigenvalue weighted by atomic mass is 9.82. The van der Waals surface area contributed by atoms with E-state index in [1.165, 1.54) is 0 Å². The van der Waals surface area contributed by atoms with Crippen LogP contribution in [0, 0.1) is 0 Å². The Balaban J connectivity index is 2.04. The molecule has 0 amide bonds. The van der Waals surface area contributed by atoms with E-state index < -0.39 is 6.10 Å². The van der Waals surface area contributed by atoms with Crippen molar-refractivity contribution in [1.82, 2.24) is 4.90 Å². The number of nitrogens with one attached hydrogen (secondary N) is 2. The average Bonchev–Trinajstić information content (AvgIpc) is 2.70. The van der Waals surface area contributed by atoms with Crippen molar-refractivity contribution in [2.24, 2.45) is 0 Å². The van der Waals surface area contributed by atoms with Crippen molar-refractivity contribution < 1.29 is 14.7 Å². The molecule has 7 heteroatoms. The van der Waals surface area contributed by atoms with Crippen LogP contribution in [-0.2, 0) is 0 Å². The molecule has 148 valence electrons. The number of anilines is 2. The van der Waals surface area contributed by atoms with E-state index in [1.54, 1.807) is 36.4 Å². The number of fused-ring (bicyclic) bond motifs is 2. The van der Waals surface area contributed by atoms with E-state index in [0.717, 1.165) is 6.54 Å². The fourth-order valence-corrected chi connectivity index (χ4v) is 3.32. The molecule has 0 heterocycles. The van der Waals surface area contributed by atoms with Crippen molar-refractivity contribution in [1.29, 1.82) is 0 Å². The molecule has 0 spiro atoms. The monoisotopic (exact) mass is 401 g/mol. The number of aliphatic hydroxyl groups is 1. The summed E-state index contributed by atoms with van der Waals surface area (Å²) in [6, 6.07) is 10.4. The van der Waals surface area contributed by atoms with Crippen LogP contribution in [0.3, 0.4) is 0 Å². The summed E-state index contributed by atoms with van der Waals surface area (Å²) in [6.45, 7) is 1.61. The molecule has 0 bridgehead atoms. The lowest BCUT2D eigenvalue weighted by Crippen LogP contribution is -2.27. The average molecular weight is 402 g/mol. The standard InChI is InChI=1S/C21H24ClN3O3/c1-25(2)10-9-23-16-7-8-17(24-12-13(26)11-22)19-18(16)20(27)14-5-3-4-6-15(14)21(19)28/h3-8,13,23-24,26H,9-12H2,1-2H3/t13-/m1/s1. The molecule has 1 aliphatic rings. The third-order valence-electron chi connectivity index (χ3n) is 4.66. The Morgan fingerprint density at radius 2 is 1.50 bits per heavy atom. The molecule has 0 aliphatic heterocycles. The van der Waals surface area contributed by atoms with Gasteiger partial charge in [0.2, 0.25) is 0 Å². The highest BCUT2D eigenvalue weighted by Crippen LogP contribution is 2.36. The highest BCUT2D eigenvalue weighted by Gasteiger charge is 2.33. The summed E-state index contributed by atoms with van der Waals surface area (Å²) >= 11 is 5.66. The Labute approximate surface area is 169 Å². The second-order valence-electron chi connectivity index (χ2n) is 7.03. The molecular weight excluding hydrogens is 378 g/mol. The number of halogens is 1. The molecule has 1 aliphatic carbocycles. The normalized spacial score (nSPS) is 13.9. The molecule has 0 radical (unpaired) electrons. The quantitative estimate of drug-likeness (QED) is 0.503. The molecule has 28 heavy (non-hydrogen) atoms. The van der Waals surface area contributed by atoms with Crippen molar-refractivity contribution in [3.05, 3.63) is 58.7 Å². The molecule has 2 aromatic rings. The van der Waals surface area contributed by atoms with E-state index in [9.17, 15) is 14.7 Å². The topological polar surface area (TPSA) is 81.7 Å². The zero-order valence-corrected chi connectivity index (χ0v) is 16.7. The molecule has 0 fully saturated rings. The number of hydrogen-bond donors (Lipinski definition) is 3. The molecule has 6 nitrogen and oxygen atoms in total. The highest BCUT2D eigenvalue weighted by atomic mass is 35.5. The molecule has 1 atom stereocenters. The molecule has 0 aromatic heterocycles. The number of alkyl halides is 1. The molecule has 2 aromatic carbocycles. The molecule has 3 N–H and O–H groups in total. The van der Waals surface area contributed by atoms with Crippen LogP contribution < -0.4 is 10.6 Å².